The van der Waals surface area contributed by atoms with E-state index in [0.29, 0.717) is 29.3 Å². The molecule has 2 heterocycles. The second kappa shape index (κ2) is 10.4. The lowest BCUT2D eigenvalue weighted by Crippen LogP contribution is -2.09. The lowest BCUT2D eigenvalue weighted by atomic mass is 9.98. The van der Waals surface area contributed by atoms with E-state index >= 15 is 0 Å². The first kappa shape index (κ1) is 24.6. The van der Waals surface area contributed by atoms with E-state index in [9.17, 15) is 18.7 Å². The molecule has 36 heavy (non-hydrogen) atoms. The minimum absolute atomic E-state index is 0. The number of nitrogens with zero attached hydrogens (tertiary/aromatic N) is 2. The second-order valence-electron chi connectivity index (χ2n) is 7.82. The number of carbonyl (C=O) groups is 1. The fraction of sp³-hybridized carbons (Fsp3) is 0.0385. The summed E-state index contributed by atoms with van der Waals surface area (Å²) >= 11 is 0. The number of para-hydroxylation sites is 2. The first-order chi connectivity index (χ1) is 17.0. The van der Waals surface area contributed by atoms with E-state index in [2.05, 4.69) is 25.3 Å². The van der Waals surface area contributed by atoms with Crippen LogP contribution in [0.5, 0.6) is 0 Å². The molecule has 5 rings (SSSR count). The van der Waals surface area contributed by atoms with Gasteiger partial charge < -0.3 is 20.4 Å². The Morgan fingerprint density at radius 3 is 2.47 bits per heavy atom. The third-order valence-corrected chi connectivity index (χ3v) is 5.39. The first-order valence-electron chi connectivity index (χ1n) is 10.7. The van der Waals surface area contributed by atoms with Crippen molar-refractivity contribution in [2.24, 2.45) is 0 Å². The Hall–Kier alpha value is -4.50. The summed E-state index contributed by atoms with van der Waals surface area (Å²) in [5.41, 5.74) is 2.58. The number of aromatic nitrogens is 4. The maximum absolute atomic E-state index is 13.9. The number of hydrogen-bond donors (Lipinski definition) is 4. The first-order valence-corrected chi connectivity index (χ1v) is 10.7. The highest BCUT2D eigenvalue weighted by molar-refractivity contribution is 6.33. The van der Waals surface area contributed by atoms with Crippen LogP contribution in [-0.2, 0) is 6.54 Å². The monoisotopic (exact) mass is 507 g/mol. The van der Waals surface area contributed by atoms with E-state index in [1.165, 1.54) is 0 Å². The summed E-state index contributed by atoms with van der Waals surface area (Å²) in [5, 5.41) is 14.3. The Labute approximate surface area is 210 Å². The van der Waals surface area contributed by atoms with E-state index in [1.54, 1.807) is 61.1 Å². The van der Waals surface area contributed by atoms with Gasteiger partial charge in [-0.15, -0.1) is 12.4 Å². The Morgan fingerprint density at radius 1 is 0.972 bits per heavy atom. The van der Waals surface area contributed by atoms with E-state index in [-0.39, 0.29) is 34.9 Å². The van der Waals surface area contributed by atoms with E-state index < -0.39 is 23.2 Å². The van der Waals surface area contributed by atoms with Crippen LogP contribution in [0.15, 0.2) is 79.3 Å². The molecule has 0 saturated heterocycles. The summed E-state index contributed by atoms with van der Waals surface area (Å²) < 4.78 is 27.8. The summed E-state index contributed by atoms with van der Waals surface area (Å²) in [4.78, 5) is 28.1. The van der Waals surface area contributed by atoms with Gasteiger partial charge in [0, 0.05) is 29.1 Å². The largest absolute Gasteiger partial charge is 0.506 e. The molecule has 3 aromatic carbocycles. The number of benzene rings is 3. The zero-order valence-electron chi connectivity index (χ0n) is 18.6. The molecule has 10 heteroatoms. The molecule has 7 nitrogen and oxygen atoms in total. The molecule has 0 aliphatic heterocycles. The molecule has 0 aliphatic rings. The zero-order chi connectivity index (χ0) is 24.4. The van der Waals surface area contributed by atoms with Crippen molar-refractivity contribution < 1.29 is 18.7 Å². The standard InChI is InChI=1S/C26H19F2N5O2.ClH/c27-17-8-16(9-18(28)11-17)25(35)23(26-32-21-6-1-2-7-22(21)33-26)24(34)15-4-3-5-19(10-15)30-13-20-12-29-14-31-20;/h1-12,14,30,35H,13H2,(H,29,31)(H,32,33);1H/b25-23-;. The van der Waals surface area contributed by atoms with Crippen molar-refractivity contribution in [2.75, 3.05) is 5.32 Å². The summed E-state index contributed by atoms with van der Waals surface area (Å²) in [6, 6.07) is 16.4. The van der Waals surface area contributed by atoms with Gasteiger partial charge in [-0.05, 0) is 36.4 Å². The summed E-state index contributed by atoms with van der Waals surface area (Å²) in [6.07, 6.45) is 3.25. The smallest absolute Gasteiger partial charge is 0.200 e. The predicted octanol–water partition coefficient (Wildman–Crippen LogP) is 5.91. The topological polar surface area (TPSA) is 107 Å². The molecule has 182 valence electrons. The number of fused-ring (bicyclic) bond motifs is 1. The molecule has 2 aromatic heterocycles. The molecule has 5 aromatic rings. The Bertz CT molecular complexity index is 1510. The SMILES string of the molecule is Cl.O=C(/C(=C(/O)c1cc(F)cc(F)c1)c1nc2ccccc2[nH]1)c1cccc(NCc2cnc[nH]2)c1. The maximum Gasteiger partial charge on any atom is 0.200 e. The van der Waals surface area contributed by atoms with Crippen LogP contribution < -0.4 is 5.32 Å². The molecule has 0 radical (unpaired) electrons. The Morgan fingerprint density at radius 2 is 1.75 bits per heavy atom. The number of aromatic amines is 2. The van der Waals surface area contributed by atoms with Gasteiger partial charge in [0.15, 0.2) is 0 Å². The molecule has 0 spiro atoms. The van der Waals surface area contributed by atoms with Gasteiger partial charge in [0.1, 0.15) is 28.8 Å². The van der Waals surface area contributed by atoms with Crippen LogP contribution in [0.2, 0.25) is 0 Å². The van der Waals surface area contributed by atoms with E-state index in [0.717, 1.165) is 17.8 Å². The number of halogens is 3. The van der Waals surface area contributed by atoms with Crippen molar-refractivity contribution in [1.29, 1.82) is 0 Å². The van der Waals surface area contributed by atoms with Gasteiger partial charge in [-0.3, -0.25) is 4.79 Å². The minimum atomic E-state index is -0.882. The van der Waals surface area contributed by atoms with Crippen LogP contribution >= 0.6 is 12.4 Å². The van der Waals surface area contributed by atoms with Crippen molar-refractivity contribution in [3.63, 3.8) is 0 Å². The molecule has 0 aliphatic carbocycles. The number of anilines is 1. The number of Topliss-reactive ketones (excluding diaryl/α,β-unsaturated/α-hetero) is 1. The van der Waals surface area contributed by atoms with Gasteiger partial charge in [-0.25, -0.2) is 18.7 Å². The van der Waals surface area contributed by atoms with Crippen molar-refractivity contribution in [1.82, 2.24) is 19.9 Å². The lowest BCUT2D eigenvalue weighted by molar-refractivity contribution is 0.105. The fourth-order valence-electron chi connectivity index (χ4n) is 3.73. The molecule has 4 N–H and O–H groups in total. The highest BCUT2D eigenvalue weighted by Gasteiger charge is 2.24. The molecule has 0 fully saturated rings. The normalized spacial score (nSPS) is 11.6. The number of H-pyrrole nitrogens is 2. The number of carbonyl (C=O) groups excluding carboxylic acids is 1. The molecule has 0 saturated carbocycles. The number of ketones is 1. The number of aliphatic hydroxyl groups excluding tert-OH is 1. The Balaban J connectivity index is 0.00000304. The van der Waals surface area contributed by atoms with Crippen LogP contribution in [0, 0.1) is 11.6 Å². The van der Waals surface area contributed by atoms with Crippen molar-refractivity contribution in [3.05, 3.63) is 114 Å². The minimum Gasteiger partial charge on any atom is -0.506 e. The van der Waals surface area contributed by atoms with Crippen LogP contribution in [0.1, 0.15) is 27.4 Å². The summed E-state index contributed by atoms with van der Waals surface area (Å²) in [5.74, 6) is -2.85. The molecule has 0 bridgehead atoms. The number of hydrogen-bond acceptors (Lipinski definition) is 5. The number of nitrogens with one attached hydrogen (secondary N) is 3. The molecular weight excluding hydrogens is 488 g/mol. The molecular formula is C26H20ClF2N5O2. The van der Waals surface area contributed by atoms with Gasteiger partial charge in [-0.1, -0.05) is 24.3 Å². The van der Waals surface area contributed by atoms with Gasteiger partial charge >= 0.3 is 0 Å². The number of imidazole rings is 2. The van der Waals surface area contributed by atoms with Crippen LogP contribution in [0.25, 0.3) is 22.4 Å². The average Bonchev–Trinajstić information content (AvgIpc) is 3.52. The van der Waals surface area contributed by atoms with Gasteiger partial charge in [0.2, 0.25) is 5.78 Å². The van der Waals surface area contributed by atoms with Gasteiger partial charge in [0.05, 0.1) is 29.6 Å². The van der Waals surface area contributed by atoms with Gasteiger partial charge in [0.25, 0.3) is 0 Å². The Kier molecular flexibility index (Phi) is 7.12. The van der Waals surface area contributed by atoms with Crippen LogP contribution in [0.4, 0.5) is 14.5 Å². The zero-order valence-corrected chi connectivity index (χ0v) is 19.4. The number of rotatable bonds is 7. The van der Waals surface area contributed by atoms with E-state index in [1.807, 2.05) is 0 Å². The highest BCUT2D eigenvalue weighted by Crippen LogP contribution is 2.29. The predicted molar refractivity (Wildman–Crippen MR) is 136 cm³/mol. The molecule has 0 unspecified atom stereocenters. The fourth-order valence-corrected chi connectivity index (χ4v) is 3.73. The van der Waals surface area contributed by atoms with E-state index in [4.69, 9.17) is 0 Å². The molecule has 0 atom stereocenters. The summed E-state index contributed by atoms with van der Waals surface area (Å²) in [6.45, 7) is 0.456. The van der Waals surface area contributed by atoms with Crippen molar-refractivity contribution in [2.45, 2.75) is 6.54 Å². The van der Waals surface area contributed by atoms with Crippen molar-refractivity contribution in [3.8, 4) is 0 Å². The number of allylic oxidation sites excluding steroid dienone is 1. The van der Waals surface area contributed by atoms with Crippen LogP contribution in [0.3, 0.4) is 0 Å². The average molecular weight is 508 g/mol. The maximum atomic E-state index is 13.9. The molecule has 0 amide bonds. The third kappa shape index (κ3) is 5.11. The number of aliphatic hydroxyl groups is 1. The second-order valence-corrected chi connectivity index (χ2v) is 7.82. The lowest BCUT2D eigenvalue weighted by Gasteiger charge is -2.11. The van der Waals surface area contributed by atoms with Crippen molar-refractivity contribution >= 4 is 46.2 Å². The third-order valence-electron chi connectivity index (χ3n) is 5.39. The van der Waals surface area contributed by atoms with Crippen LogP contribution in [-0.4, -0.2) is 30.8 Å². The van der Waals surface area contributed by atoms with Gasteiger partial charge in [-0.2, -0.15) is 0 Å². The quantitative estimate of drug-likeness (QED) is 0.124. The summed E-state index contributed by atoms with van der Waals surface area (Å²) in [7, 11) is 0. The highest BCUT2D eigenvalue weighted by atomic mass is 35.5.